The van der Waals surface area contributed by atoms with E-state index in [0.717, 1.165) is 17.1 Å². The van der Waals surface area contributed by atoms with Crippen LogP contribution in [0, 0.1) is 0 Å². The molecular formula is C55H34N2S. The summed E-state index contributed by atoms with van der Waals surface area (Å²) in [6, 6.07) is 76.8. The summed E-state index contributed by atoms with van der Waals surface area (Å²) in [5.41, 5.74) is 17.0. The van der Waals surface area contributed by atoms with Gasteiger partial charge in [-0.2, -0.15) is 0 Å². The molecular weight excluding hydrogens is 721 g/mol. The summed E-state index contributed by atoms with van der Waals surface area (Å²) in [4.78, 5) is 2.42. The van der Waals surface area contributed by atoms with E-state index in [1.165, 1.54) is 92.2 Å². The van der Waals surface area contributed by atoms with Gasteiger partial charge >= 0.3 is 0 Å². The highest BCUT2D eigenvalue weighted by Gasteiger charge is 2.51. The first-order chi connectivity index (χ1) is 28.8. The topological polar surface area (TPSA) is 8.17 Å². The van der Waals surface area contributed by atoms with Crippen LogP contribution in [0.2, 0.25) is 0 Å². The molecule has 58 heavy (non-hydrogen) atoms. The summed E-state index contributed by atoms with van der Waals surface area (Å²) in [6.45, 7) is 0. The van der Waals surface area contributed by atoms with Crippen LogP contribution in [0.3, 0.4) is 0 Å². The predicted molar refractivity (Wildman–Crippen MR) is 245 cm³/mol. The van der Waals surface area contributed by atoms with Gasteiger partial charge in [0.1, 0.15) is 0 Å². The molecule has 2 aromatic heterocycles. The monoisotopic (exact) mass is 754 g/mol. The first-order valence-corrected chi connectivity index (χ1v) is 20.8. The molecule has 3 heterocycles. The lowest BCUT2D eigenvalue weighted by atomic mass is 9.65. The average molecular weight is 755 g/mol. The minimum absolute atomic E-state index is 0.514. The third-order valence-corrected chi connectivity index (χ3v) is 13.9. The van der Waals surface area contributed by atoms with E-state index in [2.05, 4.69) is 216 Å². The minimum Gasteiger partial charge on any atom is -0.310 e. The Balaban J connectivity index is 1.02. The van der Waals surface area contributed by atoms with E-state index in [1.54, 1.807) is 0 Å². The summed E-state index contributed by atoms with van der Waals surface area (Å²) >= 11 is 1.87. The number of rotatable bonds is 4. The van der Waals surface area contributed by atoms with Crippen molar-refractivity contribution in [2.24, 2.45) is 0 Å². The van der Waals surface area contributed by atoms with E-state index < -0.39 is 5.41 Å². The number of anilines is 3. The Labute approximate surface area is 340 Å². The number of fused-ring (bicyclic) bond motifs is 15. The Hall–Kier alpha value is -7.20. The predicted octanol–water partition coefficient (Wildman–Crippen LogP) is 15.0. The van der Waals surface area contributed by atoms with Gasteiger partial charge in [-0.05, 0) is 105 Å². The number of hydrogen-bond donors (Lipinski definition) is 0. The SMILES string of the molecule is c1ccc(N(c2ccc(-c3ccc4c(c3)sc3ccccc34)cc2)c2ccc3c(c2)C2(c4ccccc4-3)c3ccccc3-n3c4ccccc4c4cccc2c43)cc1. The van der Waals surface area contributed by atoms with Crippen molar-refractivity contribution in [3.05, 3.63) is 229 Å². The second-order valence-corrected chi connectivity index (χ2v) is 16.7. The Bertz CT molecular complexity index is 3460. The Morgan fingerprint density at radius 1 is 0.379 bits per heavy atom. The van der Waals surface area contributed by atoms with Crippen LogP contribution in [0.4, 0.5) is 17.1 Å². The molecule has 0 fully saturated rings. The molecule has 13 rings (SSSR count). The zero-order valence-corrected chi connectivity index (χ0v) is 32.2. The lowest BCUT2D eigenvalue weighted by Crippen LogP contribution is -2.33. The first-order valence-electron chi connectivity index (χ1n) is 20.0. The number of aromatic nitrogens is 1. The van der Waals surface area contributed by atoms with Gasteiger partial charge in [0.2, 0.25) is 0 Å². The fraction of sp³-hybridized carbons (Fsp3) is 0.0182. The molecule has 9 aromatic carbocycles. The minimum atomic E-state index is -0.514. The van der Waals surface area contributed by atoms with Gasteiger partial charge < -0.3 is 9.47 Å². The van der Waals surface area contributed by atoms with E-state index in [0.29, 0.717) is 0 Å². The normalized spacial score (nSPS) is 15.0. The van der Waals surface area contributed by atoms with Crippen molar-refractivity contribution in [3.63, 3.8) is 0 Å². The van der Waals surface area contributed by atoms with Crippen LogP contribution in [-0.4, -0.2) is 4.57 Å². The van der Waals surface area contributed by atoms with Crippen LogP contribution < -0.4 is 4.90 Å². The summed E-state index contributed by atoms with van der Waals surface area (Å²) in [7, 11) is 0. The van der Waals surface area contributed by atoms with E-state index >= 15 is 0 Å². The quantitative estimate of drug-likeness (QED) is 0.174. The number of hydrogen-bond acceptors (Lipinski definition) is 2. The van der Waals surface area contributed by atoms with Gasteiger partial charge in [-0.25, -0.2) is 0 Å². The largest absolute Gasteiger partial charge is 0.310 e. The van der Waals surface area contributed by atoms with Crippen molar-refractivity contribution < 1.29 is 0 Å². The van der Waals surface area contributed by atoms with Gasteiger partial charge in [-0.3, -0.25) is 0 Å². The van der Waals surface area contributed by atoms with Crippen molar-refractivity contribution in [2.75, 3.05) is 4.90 Å². The van der Waals surface area contributed by atoms with Gasteiger partial charge in [-0.1, -0.05) is 146 Å². The highest BCUT2D eigenvalue weighted by Crippen LogP contribution is 2.61. The Kier molecular flexibility index (Phi) is 6.56. The first kappa shape index (κ1) is 31.9. The lowest BCUT2D eigenvalue weighted by Gasteiger charge is -2.40. The summed E-state index contributed by atoms with van der Waals surface area (Å²) in [5.74, 6) is 0. The highest BCUT2D eigenvalue weighted by atomic mass is 32.1. The van der Waals surface area contributed by atoms with E-state index in [4.69, 9.17) is 0 Å². The highest BCUT2D eigenvalue weighted by molar-refractivity contribution is 7.25. The molecule has 0 N–H and O–H groups in total. The van der Waals surface area contributed by atoms with Crippen molar-refractivity contribution >= 4 is 70.4 Å². The molecule has 1 atom stereocenters. The summed E-state index contributed by atoms with van der Waals surface area (Å²) in [6.07, 6.45) is 0. The fourth-order valence-corrected chi connectivity index (χ4v) is 11.6. The zero-order chi connectivity index (χ0) is 38.0. The molecule has 1 aliphatic carbocycles. The maximum absolute atomic E-state index is 2.52. The lowest BCUT2D eigenvalue weighted by molar-refractivity contribution is 0.748. The van der Waals surface area contributed by atoms with Crippen LogP contribution in [0.25, 0.3) is 69.9 Å². The van der Waals surface area contributed by atoms with Crippen LogP contribution in [0.1, 0.15) is 22.3 Å². The van der Waals surface area contributed by atoms with Crippen molar-refractivity contribution in [2.45, 2.75) is 5.41 Å². The fourth-order valence-electron chi connectivity index (χ4n) is 10.4. The second-order valence-electron chi connectivity index (χ2n) is 15.6. The van der Waals surface area contributed by atoms with Crippen molar-refractivity contribution in [3.8, 4) is 27.9 Å². The molecule has 3 heteroatoms. The Morgan fingerprint density at radius 2 is 1.02 bits per heavy atom. The third-order valence-electron chi connectivity index (χ3n) is 12.8. The molecule has 1 aliphatic heterocycles. The molecule has 270 valence electrons. The smallest absolute Gasteiger partial charge is 0.0755 e. The van der Waals surface area contributed by atoms with E-state index in [9.17, 15) is 0 Å². The molecule has 1 spiro atoms. The number of nitrogens with zero attached hydrogens (tertiary/aromatic N) is 2. The molecule has 0 saturated carbocycles. The van der Waals surface area contributed by atoms with Crippen LogP contribution >= 0.6 is 11.3 Å². The molecule has 0 bridgehead atoms. The molecule has 11 aromatic rings. The number of thiophene rings is 1. The maximum Gasteiger partial charge on any atom is 0.0755 e. The number of benzene rings is 9. The molecule has 0 amide bonds. The van der Waals surface area contributed by atoms with Gasteiger partial charge in [0.05, 0.1) is 22.1 Å². The number of para-hydroxylation sites is 4. The van der Waals surface area contributed by atoms with Crippen molar-refractivity contribution in [1.82, 2.24) is 4.57 Å². The molecule has 2 nitrogen and oxygen atoms in total. The molecule has 0 radical (unpaired) electrons. The second kappa shape index (κ2) is 11.9. The zero-order valence-electron chi connectivity index (χ0n) is 31.4. The van der Waals surface area contributed by atoms with Crippen LogP contribution in [-0.2, 0) is 5.41 Å². The van der Waals surface area contributed by atoms with Gasteiger partial charge in [0.15, 0.2) is 0 Å². The van der Waals surface area contributed by atoms with E-state index in [1.807, 2.05) is 11.3 Å². The van der Waals surface area contributed by atoms with Gasteiger partial charge in [-0.15, -0.1) is 11.3 Å². The average Bonchev–Trinajstić information content (AvgIpc) is 3.93. The van der Waals surface area contributed by atoms with Crippen molar-refractivity contribution in [1.29, 1.82) is 0 Å². The molecule has 2 aliphatic rings. The summed E-state index contributed by atoms with van der Waals surface area (Å²) < 4.78 is 5.17. The standard InChI is InChI=1S/C55H34N2S/c1-2-13-37(14-3-1)56(38-28-25-35(26-29-38)36-27-31-44-43-17-6-11-24-52(43)58-53(44)33-36)39-30-32-41-40-15-4-7-19-46(40)55(49(41)34-39)47-20-8-10-23-51(47)57-50-22-9-5-16-42(50)45-18-12-21-48(55)54(45)57/h1-34H. The van der Waals surface area contributed by atoms with Crippen LogP contribution in [0.15, 0.2) is 206 Å². The third kappa shape index (κ3) is 4.21. The van der Waals surface area contributed by atoms with Gasteiger partial charge in [0.25, 0.3) is 0 Å². The van der Waals surface area contributed by atoms with Gasteiger partial charge in [0, 0.05) is 48.0 Å². The molecule has 1 unspecified atom stereocenters. The Morgan fingerprint density at radius 3 is 1.91 bits per heavy atom. The summed E-state index contributed by atoms with van der Waals surface area (Å²) in [5, 5.41) is 5.24. The van der Waals surface area contributed by atoms with E-state index in [-0.39, 0.29) is 0 Å². The molecule has 0 saturated heterocycles. The van der Waals surface area contributed by atoms with Crippen LogP contribution in [0.5, 0.6) is 0 Å². The maximum atomic E-state index is 2.52.